The molecule has 0 atom stereocenters. The molecule has 0 saturated carbocycles. The van der Waals surface area contributed by atoms with Crippen LogP contribution in [0.3, 0.4) is 0 Å². The highest BCUT2D eigenvalue weighted by Gasteiger charge is 2.09. The van der Waals surface area contributed by atoms with E-state index in [1.54, 1.807) is 30.3 Å². The van der Waals surface area contributed by atoms with Crippen LogP contribution < -0.4 is 4.74 Å². The molecule has 0 radical (unpaired) electrons. The largest absolute Gasteiger partial charge is 0.591 e. The first-order chi connectivity index (χ1) is 12.9. The second-order valence-corrected chi connectivity index (χ2v) is 6.26. The molecule has 0 aliphatic heterocycles. The Labute approximate surface area is 158 Å². The zero-order valence-corrected chi connectivity index (χ0v) is 15.2. The first-order valence-electron chi connectivity index (χ1n) is 8.65. The van der Waals surface area contributed by atoms with Gasteiger partial charge in [0, 0.05) is 30.5 Å². The maximum Gasteiger partial charge on any atom is 0.296 e. The molecule has 5 N–H and O–H groups in total. The summed E-state index contributed by atoms with van der Waals surface area (Å²) in [6, 6.07) is 10.0. The second kappa shape index (κ2) is 9.64. The van der Waals surface area contributed by atoms with Gasteiger partial charge >= 0.3 is 0 Å². The number of carbonyl (C=O) groups is 1. The molecule has 2 aromatic carbocycles. The topological polar surface area (TPSA) is 110 Å². The van der Waals surface area contributed by atoms with Gasteiger partial charge in [-0.05, 0) is 48.2 Å². The molecule has 0 aliphatic rings. The minimum Gasteiger partial charge on any atom is -0.591 e. The number of aliphatic hydroxyl groups is 2. The number of ether oxygens (including phenoxy) is 1. The molecule has 0 fully saturated rings. The van der Waals surface area contributed by atoms with Crippen LogP contribution in [0.5, 0.6) is 17.2 Å². The molecule has 144 valence electrons. The van der Waals surface area contributed by atoms with Gasteiger partial charge in [0.05, 0.1) is 19.5 Å². The molecule has 2 aromatic rings. The maximum atomic E-state index is 12.0. The third-order valence-corrected chi connectivity index (χ3v) is 4.24. The predicted molar refractivity (Wildman–Crippen MR) is 102 cm³/mol. The highest BCUT2D eigenvalue weighted by molar-refractivity contribution is 5.90. The average Bonchev–Trinajstić information content (AvgIpc) is 2.66. The van der Waals surface area contributed by atoms with Crippen molar-refractivity contribution in [2.45, 2.75) is 32.3 Å². The van der Waals surface area contributed by atoms with E-state index in [-0.39, 0.29) is 30.3 Å². The molecule has 2 rings (SSSR count). The summed E-state index contributed by atoms with van der Waals surface area (Å²) in [6.45, 7) is -0.258. The predicted octanol–water partition coefficient (Wildman–Crippen LogP) is 2.91. The van der Waals surface area contributed by atoms with Crippen LogP contribution in [0, 0.1) is 0 Å². The summed E-state index contributed by atoms with van der Waals surface area (Å²) >= 11 is 0. The highest BCUT2D eigenvalue weighted by atomic mass is 16.5. The van der Waals surface area contributed by atoms with E-state index in [2.05, 4.69) is 0 Å². The Morgan fingerprint density at radius 3 is 2.48 bits per heavy atom. The van der Waals surface area contributed by atoms with Crippen molar-refractivity contribution in [3.8, 4) is 17.2 Å². The lowest BCUT2D eigenvalue weighted by molar-refractivity contribution is -0.114. The van der Waals surface area contributed by atoms with Gasteiger partial charge in [0.25, 0.3) is 5.75 Å². The summed E-state index contributed by atoms with van der Waals surface area (Å²) in [5.74, 6) is 0.616. The number of hydrogen-bond acceptors (Lipinski definition) is 5. The van der Waals surface area contributed by atoms with Gasteiger partial charge < -0.3 is 25.2 Å². The number of aryl methyl sites for hydroxylation is 2. The zero-order valence-electron chi connectivity index (χ0n) is 15.2. The fourth-order valence-corrected chi connectivity index (χ4v) is 2.68. The van der Waals surface area contributed by atoms with Crippen LogP contribution in [0.25, 0.3) is 0 Å². The monoisotopic (exact) mass is 373 g/mol. The van der Waals surface area contributed by atoms with Crippen LogP contribution in [0.4, 0.5) is 0 Å². The van der Waals surface area contributed by atoms with E-state index in [0.717, 1.165) is 11.1 Å². The van der Waals surface area contributed by atoms with Crippen molar-refractivity contribution in [1.29, 1.82) is 0 Å². The fourth-order valence-electron chi connectivity index (χ4n) is 2.68. The molecule has 6 heteroatoms. The number of rotatable bonds is 9. The summed E-state index contributed by atoms with van der Waals surface area (Å²) in [6.07, 6.45) is 2.77. The van der Waals surface area contributed by atoms with E-state index >= 15 is 0 Å². The average molecular weight is 373 g/mol. The van der Waals surface area contributed by atoms with Gasteiger partial charge in [-0.1, -0.05) is 6.07 Å². The van der Waals surface area contributed by atoms with Gasteiger partial charge in [-0.25, -0.2) is 0 Å². The molecule has 27 heavy (non-hydrogen) atoms. The van der Waals surface area contributed by atoms with Crippen LogP contribution in [0.1, 0.15) is 29.5 Å². The molecule has 0 bridgehead atoms. The van der Waals surface area contributed by atoms with Crippen molar-refractivity contribution < 1.29 is 30.0 Å². The van der Waals surface area contributed by atoms with Gasteiger partial charge in [-0.3, -0.25) is 4.79 Å². The van der Waals surface area contributed by atoms with Crippen LogP contribution in [0.15, 0.2) is 48.2 Å². The molecule has 0 spiro atoms. The fraction of sp³-hybridized carbons (Fsp3) is 0.286. The van der Waals surface area contributed by atoms with Crippen molar-refractivity contribution in [3.63, 3.8) is 0 Å². The molecule has 0 saturated heterocycles. The SMILES string of the molecule is COc1cc(CCC(=O)/C=C(\O)CCc2ccc(O)c(CO)c2)ccc1[OH2+]. The Morgan fingerprint density at radius 1 is 1.11 bits per heavy atom. The van der Waals surface area contributed by atoms with Crippen LogP contribution in [-0.4, -0.2) is 33.3 Å². The maximum absolute atomic E-state index is 12.0. The molecular weight excluding hydrogens is 348 g/mol. The number of carbonyl (C=O) groups excluding carboxylic acids is 1. The summed E-state index contributed by atoms with van der Waals surface area (Å²) in [5, 5.41) is 36.3. The molecule has 0 unspecified atom stereocenters. The third kappa shape index (κ3) is 6.04. The lowest BCUT2D eigenvalue weighted by Gasteiger charge is -2.06. The van der Waals surface area contributed by atoms with Crippen molar-refractivity contribution in [1.82, 2.24) is 0 Å². The summed E-state index contributed by atoms with van der Waals surface area (Å²) in [5.41, 5.74) is 2.18. The number of ketones is 1. The first kappa shape index (κ1) is 20.3. The normalized spacial score (nSPS) is 11.4. The van der Waals surface area contributed by atoms with Crippen molar-refractivity contribution in [3.05, 3.63) is 64.9 Å². The Balaban J connectivity index is 1.87. The summed E-state index contributed by atoms with van der Waals surface area (Å²) in [4.78, 5) is 12.0. The number of methoxy groups -OCH3 is 1. The van der Waals surface area contributed by atoms with Gasteiger partial charge in [0.2, 0.25) is 5.75 Å². The van der Waals surface area contributed by atoms with E-state index in [1.165, 1.54) is 19.3 Å². The second-order valence-electron chi connectivity index (χ2n) is 6.26. The van der Waals surface area contributed by atoms with Crippen molar-refractivity contribution in [2.75, 3.05) is 7.11 Å². The Morgan fingerprint density at radius 2 is 1.78 bits per heavy atom. The molecule has 0 amide bonds. The quantitative estimate of drug-likeness (QED) is 0.356. The summed E-state index contributed by atoms with van der Waals surface area (Å²) in [7, 11) is 1.50. The number of aromatic hydroxyl groups is 1. The van der Waals surface area contributed by atoms with Crippen LogP contribution in [-0.2, 0) is 24.2 Å². The van der Waals surface area contributed by atoms with Gasteiger partial charge in [-0.15, -0.1) is 0 Å². The first-order valence-corrected chi connectivity index (χ1v) is 8.65. The number of benzene rings is 2. The van der Waals surface area contributed by atoms with E-state index in [9.17, 15) is 15.0 Å². The minimum absolute atomic E-state index is 0.00212. The van der Waals surface area contributed by atoms with Crippen molar-refractivity contribution in [2.24, 2.45) is 0 Å². The lowest BCUT2D eigenvalue weighted by Crippen LogP contribution is -2.00. The lowest BCUT2D eigenvalue weighted by atomic mass is 10.0. The minimum atomic E-state index is -0.258. The van der Waals surface area contributed by atoms with E-state index in [1.807, 2.05) is 0 Å². The van der Waals surface area contributed by atoms with Crippen LogP contribution >= 0.6 is 0 Å². The smallest absolute Gasteiger partial charge is 0.296 e. The van der Waals surface area contributed by atoms with E-state index < -0.39 is 0 Å². The zero-order chi connectivity index (χ0) is 19.8. The number of hydrogen-bond donors (Lipinski definition) is 3. The molecule has 0 aliphatic carbocycles. The van der Waals surface area contributed by atoms with E-state index in [4.69, 9.17) is 14.9 Å². The van der Waals surface area contributed by atoms with Crippen molar-refractivity contribution >= 4 is 5.78 Å². The van der Waals surface area contributed by atoms with Crippen LogP contribution in [0.2, 0.25) is 0 Å². The van der Waals surface area contributed by atoms with Gasteiger partial charge in [0.15, 0.2) is 5.78 Å². The third-order valence-electron chi connectivity index (χ3n) is 4.24. The number of allylic oxidation sites excluding steroid dienone is 2. The standard InChI is InChI=1S/C21H24O6/c1-27-21-11-15(5-9-20(21)26)3-7-18(24)12-17(23)6-2-14-4-8-19(25)16(10-14)13-22/h4-5,8-12,22-23,25-26H,2-3,6-7,13H2,1H3/p+1/b17-12-. The Hall–Kier alpha value is -2.99. The number of aliphatic hydroxyl groups excluding tert-OH is 2. The molecule has 0 heterocycles. The Bertz CT molecular complexity index is 825. The number of phenols is 1. The van der Waals surface area contributed by atoms with E-state index in [0.29, 0.717) is 36.3 Å². The van der Waals surface area contributed by atoms with Gasteiger partial charge in [0.1, 0.15) is 5.75 Å². The highest BCUT2D eigenvalue weighted by Crippen LogP contribution is 2.26. The summed E-state index contributed by atoms with van der Waals surface area (Å²) < 4.78 is 5.10. The Kier molecular flexibility index (Phi) is 7.25. The molecule has 0 aromatic heterocycles. The van der Waals surface area contributed by atoms with Gasteiger partial charge in [-0.2, -0.15) is 0 Å². The molecular formula is C21H25O6+. The molecule has 6 nitrogen and oxygen atoms in total.